The summed E-state index contributed by atoms with van der Waals surface area (Å²) >= 11 is 0. The van der Waals surface area contributed by atoms with Crippen molar-refractivity contribution in [1.82, 2.24) is 19.7 Å². The Morgan fingerprint density at radius 3 is 2.27 bits per heavy atom. The standard InChI is InChI=1S/C25H30N7.BrH/c1-4-5-16-23-31-24(29(19(2)27-31)17-21-12-8-6-9-13-21)26-25-30(20(3)28-32(23)25)18-22-14-10-7-11-15-22;/h6-15,23H,4-5,16-18H2,1-3H3;1H/q+1;/p-1. The second-order valence-electron chi connectivity index (χ2n) is 8.46. The van der Waals surface area contributed by atoms with Crippen molar-refractivity contribution in [1.29, 1.82) is 0 Å². The molecule has 0 N–H and O–H groups in total. The molecule has 8 heteroatoms. The number of guanidine groups is 1. The largest absolute Gasteiger partial charge is 1.00 e. The average molecular weight is 508 g/mol. The molecule has 0 fully saturated rings. The zero-order valence-corrected chi connectivity index (χ0v) is 21.0. The average Bonchev–Trinajstić information content (AvgIpc) is 3.29. The first-order valence-corrected chi connectivity index (χ1v) is 11.4. The van der Waals surface area contributed by atoms with Crippen LogP contribution in [0.1, 0.15) is 56.2 Å². The van der Waals surface area contributed by atoms with E-state index in [1.54, 1.807) is 0 Å². The molecule has 2 aliphatic rings. The summed E-state index contributed by atoms with van der Waals surface area (Å²) in [6, 6.07) is 21.0. The fraction of sp³-hybridized carbons (Fsp3) is 0.360. The van der Waals surface area contributed by atoms with Crippen LogP contribution in [0.2, 0.25) is 0 Å². The Labute approximate surface area is 205 Å². The van der Waals surface area contributed by atoms with Gasteiger partial charge < -0.3 is 17.0 Å². The lowest BCUT2D eigenvalue weighted by Gasteiger charge is -2.27. The Morgan fingerprint density at radius 1 is 0.939 bits per heavy atom. The third kappa shape index (κ3) is 4.44. The van der Waals surface area contributed by atoms with Gasteiger partial charge in [-0.2, -0.15) is 10.1 Å². The van der Waals surface area contributed by atoms with Gasteiger partial charge >= 0.3 is 5.95 Å². The molecule has 3 aromatic rings. The van der Waals surface area contributed by atoms with Crippen LogP contribution in [-0.2, 0) is 13.1 Å². The number of hydrazone groups is 1. The molecule has 2 aliphatic heterocycles. The lowest BCUT2D eigenvalue weighted by molar-refractivity contribution is -0.682. The Bertz CT molecular complexity index is 1150. The van der Waals surface area contributed by atoms with Crippen LogP contribution in [0.15, 0.2) is 70.8 Å². The maximum atomic E-state index is 5.13. The van der Waals surface area contributed by atoms with Crippen molar-refractivity contribution in [2.24, 2.45) is 10.1 Å². The third-order valence-corrected chi connectivity index (χ3v) is 6.13. The van der Waals surface area contributed by atoms with Gasteiger partial charge in [0, 0.05) is 13.3 Å². The normalized spacial score (nSPS) is 16.6. The molecule has 3 heterocycles. The van der Waals surface area contributed by atoms with Crippen LogP contribution >= 0.6 is 0 Å². The maximum Gasteiger partial charge on any atom is 0.388 e. The van der Waals surface area contributed by atoms with Gasteiger partial charge in [0.2, 0.25) is 5.82 Å². The molecule has 1 atom stereocenters. The van der Waals surface area contributed by atoms with Crippen LogP contribution in [0.5, 0.6) is 0 Å². The third-order valence-electron chi connectivity index (χ3n) is 6.13. The highest BCUT2D eigenvalue weighted by Crippen LogP contribution is 2.34. The Hall–Kier alpha value is -3.00. The number of halogens is 1. The number of aryl methyl sites for hydroxylation is 1. The highest BCUT2D eigenvalue weighted by molar-refractivity contribution is 6.03. The molecule has 0 radical (unpaired) electrons. The maximum absolute atomic E-state index is 5.13. The Morgan fingerprint density at radius 2 is 1.61 bits per heavy atom. The number of hydrogen-bond donors (Lipinski definition) is 0. The van der Waals surface area contributed by atoms with Gasteiger partial charge in [0.1, 0.15) is 5.84 Å². The van der Waals surface area contributed by atoms with Gasteiger partial charge in [-0.3, -0.25) is 4.90 Å². The van der Waals surface area contributed by atoms with E-state index in [1.165, 1.54) is 11.1 Å². The van der Waals surface area contributed by atoms with Crippen LogP contribution in [-0.4, -0.2) is 31.5 Å². The van der Waals surface area contributed by atoms with Gasteiger partial charge in [-0.1, -0.05) is 83.7 Å². The van der Waals surface area contributed by atoms with Gasteiger partial charge in [0.05, 0.1) is 13.1 Å². The number of aromatic nitrogens is 3. The molecule has 0 bridgehead atoms. The smallest absolute Gasteiger partial charge is 0.388 e. The molecule has 1 aromatic heterocycles. The summed E-state index contributed by atoms with van der Waals surface area (Å²) in [6.45, 7) is 7.85. The van der Waals surface area contributed by atoms with E-state index in [-0.39, 0.29) is 23.1 Å². The molecule has 0 saturated heterocycles. The van der Waals surface area contributed by atoms with Crippen molar-refractivity contribution < 1.29 is 21.5 Å². The molecule has 7 nitrogen and oxygen atoms in total. The van der Waals surface area contributed by atoms with Gasteiger partial charge in [-0.15, -0.1) is 0 Å². The minimum Gasteiger partial charge on any atom is -1.00 e. The lowest BCUT2D eigenvalue weighted by atomic mass is 10.2. The fourth-order valence-electron chi connectivity index (χ4n) is 4.40. The zero-order chi connectivity index (χ0) is 22.1. The predicted octanol–water partition coefficient (Wildman–Crippen LogP) is 1.37. The molecule has 0 spiro atoms. The molecular weight excluding hydrogens is 478 g/mol. The number of hydrogen-bond acceptors (Lipinski definition) is 5. The predicted molar refractivity (Wildman–Crippen MR) is 125 cm³/mol. The molecule has 0 saturated carbocycles. The molecule has 33 heavy (non-hydrogen) atoms. The van der Waals surface area contributed by atoms with Crippen molar-refractivity contribution in [3.05, 3.63) is 77.6 Å². The zero-order valence-electron chi connectivity index (χ0n) is 19.4. The Kier molecular flexibility index (Phi) is 6.93. The van der Waals surface area contributed by atoms with Gasteiger partial charge in [-0.25, -0.2) is 4.57 Å². The number of fused-ring (bicyclic) bond motifs is 2. The first kappa shape index (κ1) is 23.2. The van der Waals surface area contributed by atoms with E-state index < -0.39 is 0 Å². The van der Waals surface area contributed by atoms with Crippen LogP contribution < -0.4 is 21.5 Å². The lowest BCUT2D eigenvalue weighted by Crippen LogP contribution is -3.00. The summed E-state index contributed by atoms with van der Waals surface area (Å²) in [6.07, 6.45) is 3.25. The highest BCUT2D eigenvalue weighted by atomic mass is 79.9. The number of unbranched alkanes of at least 4 members (excludes halogenated alkanes) is 1. The molecule has 172 valence electrons. The van der Waals surface area contributed by atoms with Crippen molar-refractivity contribution >= 4 is 17.7 Å². The van der Waals surface area contributed by atoms with Crippen LogP contribution in [0, 0.1) is 6.92 Å². The van der Waals surface area contributed by atoms with E-state index in [9.17, 15) is 0 Å². The number of nitrogens with zero attached hydrogens (tertiary/aromatic N) is 7. The van der Waals surface area contributed by atoms with Crippen molar-refractivity contribution in [3.8, 4) is 0 Å². The molecule has 2 aromatic carbocycles. The summed E-state index contributed by atoms with van der Waals surface area (Å²) in [4.78, 5) is 7.34. The van der Waals surface area contributed by atoms with Crippen molar-refractivity contribution in [2.75, 3.05) is 0 Å². The first-order valence-electron chi connectivity index (χ1n) is 11.4. The Balaban J connectivity index is 0.00000259. The number of benzene rings is 2. The summed E-state index contributed by atoms with van der Waals surface area (Å²) < 4.78 is 4.28. The first-order chi connectivity index (χ1) is 15.7. The van der Waals surface area contributed by atoms with E-state index >= 15 is 0 Å². The van der Waals surface area contributed by atoms with Crippen LogP contribution in [0.3, 0.4) is 0 Å². The molecular formula is C25H30BrN7. The molecule has 0 aliphatic carbocycles. The van der Waals surface area contributed by atoms with E-state index in [1.807, 2.05) is 12.1 Å². The number of rotatable bonds is 7. The van der Waals surface area contributed by atoms with Gasteiger partial charge in [-0.05, 0) is 29.6 Å². The van der Waals surface area contributed by atoms with Crippen LogP contribution in [0.4, 0.5) is 5.95 Å². The van der Waals surface area contributed by atoms with Crippen LogP contribution in [0.25, 0.3) is 0 Å². The second-order valence-corrected chi connectivity index (χ2v) is 8.46. The monoisotopic (exact) mass is 507 g/mol. The summed E-state index contributed by atoms with van der Waals surface area (Å²) in [5.74, 6) is 3.71. The SMILES string of the molecule is CCCCC1N2N=C(C)N(Cc3ccccc3)C2=Nc2n1nc(C)[n+]2Cc1ccccc1.[Br-]. The summed E-state index contributed by atoms with van der Waals surface area (Å²) in [5, 5.41) is 11.9. The molecule has 5 rings (SSSR count). The topological polar surface area (TPSA) is 52.9 Å². The quantitative estimate of drug-likeness (QED) is 0.454. The minimum absolute atomic E-state index is 0. The van der Waals surface area contributed by atoms with E-state index in [4.69, 9.17) is 15.2 Å². The van der Waals surface area contributed by atoms with E-state index in [2.05, 4.69) is 88.5 Å². The molecule has 0 amide bonds. The van der Waals surface area contributed by atoms with Gasteiger partial charge in [0.25, 0.3) is 5.96 Å². The second kappa shape index (κ2) is 9.87. The van der Waals surface area contributed by atoms with Crippen molar-refractivity contribution in [2.45, 2.75) is 59.3 Å². The van der Waals surface area contributed by atoms with Crippen molar-refractivity contribution in [3.63, 3.8) is 0 Å². The molecule has 1 unspecified atom stereocenters. The van der Waals surface area contributed by atoms with E-state index in [0.29, 0.717) is 0 Å². The van der Waals surface area contributed by atoms with E-state index in [0.717, 1.165) is 55.9 Å². The minimum atomic E-state index is 0. The summed E-state index contributed by atoms with van der Waals surface area (Å²) in [7, 11) is 0. The van der Waals surface area contributed by atoms with Gasteiger partial charge in [0.15, 0.2) is 6.17 Å². The highest BCUT2D eigenvalue weighted by Gasteiger charge is 2.45. The fourth-order valence-corrected chi connectivity index (χ4v) is 4.40. The number of aliphatic imine (C=N–C) groups is 1. The number of amidine groups is 1. The summed E-state index contributed by atoms with van der Waals surface area (Å²) in [5.41, 5.74) is 2.48.